The number of aromatic hydroxyl groups is 1. The van der Waals surface area contributed by atoms with E-state index in [1.54, 1.807) is 0 Å². The van der Waals surface area contributed by atoms with Gasteiger partial charge in [0.2, 0.25) is 0 Å². The van der Waals surface area contributed by atoms with Gasteiger partial charge >= 0.3 is 11.9 Å². The number of rotatable bonds is 3. The van der Waals surface area contributed by atoms with Crippen LogP contribution in [0.2, 0.25) is 0 Å². The molecule has 0 aromatic heterocycles. The minimum atomic E-state index is -4.26. The van der Waals surface area contributed by atoms with Gasteiger partial charge in [0.05, 0.1) is 5.56 Å². The molecule has 2 rings (SSSR count). The van der Waals surface area contributed by atoms with E-state index < -0.39 is 57.5 Å². The number of benzene rings is 2. The quantitative estimate of drug-likeness (QED) is 0.457. The zero-order valence-corrected chi connectivity index (χ0v) is 11.1. The Bertz CT molecular complexity index is 807. The predicted octanol–water partition coefficient (Wildman–Crippen LogP) is 3.23. The summed E-state index contributed by atoms with van der Waals surface area (Å²) in [7, 11) is 0. The summed E-state index contributed by atoms with van der Waals surface area (Å²) < 4.78 is 68.5. The van der Waals surface area contributed by atoms with Gasteiger partial charge in [0, 0.05) is 17.3 Å². The van der Waals surface area contributed by atoms with Crippen molar-refractivity contribution >= 4 is 11.7 Å². The van der Waals surface area contributed by atoms with Gasteiger partial charge in [0.15, 0.2) is 17.5 Å². The second-order valence-corrected chi connectivity index (χ2v) is 4.56. The van der Waals surface area contributed by atoms with E-state index in [0.717, 1.165) is 0 Å². The molecule has 0 amide bonds. The van der Waals surface area contributed by atoms with Crippen molar-refractivity contribution in [2.24, 2.45) is 0 Å². The Labute approximate surface area is 125 Å². The lowest BCUT2D eigenvalue weighted by atomic mass is 9.95. The van der Waals surface area contributed by atoms with Crippen molar-refractivity contribution in [3.05, 3.63) is 58.4 Å². The summed E-state index contributed by atoms with van der Waals surface area (Å²) in [6.07, 6.45) is 0. The van der Waals surface area contributed by atoms with E-state index >= 15 is 0 Å². The molecule has 9 heteroatoms. The topological polar surface area (TPSA) is 83.5 Å². The molecule has 2 aromatic carbocycles. The van der Waals surface area contributed by atoms with E-state index in [9.17, 15) is 31.9 Å². The maximum atomic E-state index is 14.4. The van der Waals surface area contributed by atoms with Gasteiger partial charge in [-0.2, -0.15) is 8.78 Å². The molecule has 0 bridgehead atoms. The molecule has 0 fully saturated rings. The highest BCUT2D eigenvalue weighted by atomic mass is 19.3. The van der Waals surface area contributed by atoms with E-state index in [2.05, 4.69) is 0 Å². The first-order valence-electron chi connectivity index (χ1n) is 5.95. The molecule has 122 valence electrons. The van der Waals surface area contributed by atoms with Crippen LogP contribution in [0.1, 0.15) is 21.5 Å². The average molecular weight is 333 g/mol. The van der Waals surface area contributed by atoms with Crippen molar-refractivity contribution < 1.29 is 37.0 Å². The fourth-order valence-corrected chi connectivity index (χ4v) is 1.96. The van der Waals surface area contributed by atoms with Crippen LogP contribution in [0.5, 0.6) is 5.75 Å². The summed E-state index contributed by atoms with van der Waals surface area (Å²) in [5, 5.41) is 18.2. The van der Waals surface area contributed by atoms with Crippen molar-refractivity contribution in [1.82, 2.24) is 0 Å². The van der Waals surface area contributed by atoms with Gasteiger partial charge in [0.25, 0.3) is 0 Å². The molecule has 0 aliphatic rings. The number of carboxylic acids is 1. The molecule has 0 atom stereocenters. The van der Waals surface area contributed by atoms with Gasteiger partial charge in [-0.1, -0.05) is 0 Å². The molecule has 4 nitrogen and oxygen atoms in total. The molecule has 0 saturated heterocycles. The summed E-state index contributed by atoms with van der Waals surface area (Å²) >= 11 is 0. The molecule has 0 aliphatic heterocycles. The number of halogens is 5. The Kier molecular flexibility index (Phi) is 3.89. The van der Waals surface area contributed by atoms with E-state index in [1.165, 1.54) is 0 Å². The summed E-state index contributed by atoms with van der Waals surface area (Å²) in [6.45, 7) is 0. The van der Waals surface area contributed by atoms with Crippen molar-refractivity contribution in [2.45, 2.75) is 5.92 Å². The minimum Gasteiger partial charge on any atom is -0.507 e. The second kappa shape index (κ2) is 5.41. The lowest BCUT2D eigenvalue weighted by Crippen LogP contribution is -2.21. The largest absolute Gasteiger partial charge is 0.507 e. The molecule has 0 saturated carbocycles. The zero-order chi connectivity index (χ0) is 17.5. The highest BCUT2D eigenvalue weighted by Gasteiger charge is 2.41. The van der Waals surface area contributed by atoms with Crippen LogP contribution in [-0.2, 0) is 5.92 Å². The number of nitrogens with two attached hydrogens (primary N) is 1. The zero-order valence-electron chi connectivity index (χ0n) is 11.1. The SMILES string of the molecule is Nc1cc(O)c(C(=O)O)cc1C(F)(F)c1ccc(F)c(F)c1F. The highest BCUT2D eigenvalue weighted by molar-refractivity contribution is 5.92. The number of aromatic carboxylic acids is 1. The summed E-state index contributed by atoms with van der Waals surface area (Å²) in [5.74, 6) is -12.8. The van der Waals surface area contributed by atoms with Crippen LogP contribution >= 0.6 is 0 Å². The maximum absolute atomic E-state index is 14.4. The molecule has 4 N–H and O–H groups in total. The lowest BCUT2D eigenvalue weighted by molar-refractivity contribution is 0.0386. The van der Waals surface area contributed by atoms with E-state index in [1.807, 2.05) is 0 Å². The number of hydrogen-bond donors (Lipinski definition) is 3. The summed E-state index contributed by atoms with van der Waals surface area (Å²) in [4.78, 5) is 10.9. The Hall–Kier alpha value is -2.84. The van der Waals surface area contributed by atoms with Crippen LogP contribution in [-0.4, -0.2) is 16.2 Å². The molecular weight excluding hydrogens is 325 g/mol. The lowest BCUT2D eigenvalue weighted by Gasteiger charge is -2.20. The first-order valence-corrected chi connectivity index (χ1v) is 5.95. The number of hydrogen-bond acceptors (Lipinski definition) is 3. The van der Waals surface area contributed by atoms with Crippen LogP contribution in [0, 0.1) is 17.5 Å². The molecule has 0 heterocycles. The van der Waals surface area contributed by atoms with Crippen molar-refractivity contribution in [1.29, 1.82) is 0 Å². The third-order valence-corrected chi connectivity index (χ3v) is 3.11. The second-order valence-electron chi connectivity index (χ2n) is 4.56. The average Bonchev–Trinajstić information content (AvgIpc) is 2.43. The van der Waals surface area contributed by atoms with Gasteiger partial charge in [-0.05, 0) is 18.2 Å². The van der Waals surface area contributed by atoms with Crippen LogP contribution in [0.3, 0.4) is 0 Å². The van der Waals surface area contributed by atoms with Crippen LogP contribution in [0.15, 0.2) is 24.3 Å². The van der Waals surface area contributed by atoms with Gasteiger partial charge in [-0.15, -0.1) is 0 Å². The standard InChI is InChI=1S/C14H8F5NO3/c15-8-2-1-6(11(16)12(8)17)14(18,19)7-3-5(13(22)23)10(21)4-9(7)20/h1-4,21H,20H2,(H,22,23). The molecule has 0 spiro atoms. The van der Waals surface area contributed by atoms with Gasteiger partial charge < -0.3 is 15.9 Å². The first kappa shape index (κ1) is 16.5. The summed E-state index contributed by atoms with van der Waals surface area (Å²) in [6, 6.07) is 1.51. The molecule has 23 heavy (non-hydrogen) atoms. The fourth-order valence-electron chi connectivity index (χ4n) is 1.96. The molecule has 2 aromatic rings. The third-order valence-electron chi connectivity index (χ3n) is 3.11. The number of carbonyl (C=O) groups is 1. The Morgan fingerprint density at radius 3 is 2.22 bits per heavy atom. The Morgan fingerprint density at radius 1 is 1.04 bits per heavy atom. The number of nitrogen functional groups attached to an aromatic ring is 1. The summed E-state index contributed by atoms with van der Waals surface area (Å²) in [5.41, 5.74) is 0.963. The van der Waals surface area contributed by atoms with E-state index in [4.69, 9.17) is 10.8 Å². The van der Waals surface area contributed by atoms with Crippen LogP contribution in [0.25, 0.3) is 0 Å². The number of anilines is 1. The molecule has 0 radical (unpaired) electrons. The van der Waals surface area contributed by atoms with Crippen LogP contribution in [0.4, 0.5) is 27.6 Å². The Balaban J connectivity index is 2.72. The molecule has 0 unspecified atom stereocenters. The third kappa shape index (κ3) is 2.65. The molecular formula is C14H8F5NO3. The number of phenols is 1. The first-order chi connectivity index (χ1) is 10.6. The highest BCUT2D eigenvalue weighted by Crippen LogP contribution is 2.42. The van der Waals surface area contributed by atoms with E-state index in [0.29, 0.717) is 24.3 Å². The predicted molar refractivity (Wildman–Crippen MR) is 68.8 cm³/mol. The van der Waals surface area contributed by atoms with Gasteiger partial charge in [-0.3, -0.25) is 0 Å². The smallest absolute Gasteiger partial charge is 0.339 e. The monoisotopic (exact) mass is 333 g/mol. The van der Waals surface area contributed by atoms with Crippen molar-refractivity contribution in [3.63, 3.8) is 0 Å². The van der Waals surface area contributed by atoms with Gasteiger partial charge in [0.1, 0.15) is 11.3 Å². The number of alkyl halides is 2. The fraction of sp³-hybridized carbons (Fsp3) is 0.0714. The molecule has 0 aliphatic carbocycles. The maximum Gasteiger partial charge on any atom is 0.339 e. The van der Waals surface area contributed by atoms with Crippen molar-refractivity contribution in [2.75, 3.05) is 5.73 Å². The van der Waals surface area contributed by atoms with Crippen molar-refractivity contribution in [3.8, 4) is 5.75 Å². The van der Waals surface area contributed by atoms with Gasteiger partial charge in [-0.25, -0.2) is 18.0 Å². The van der Waals surface area contributed by atoms with E-state index in [-0.39, 0.29) is 0 Å². The van der Waals surface area contributed by atoms with Crippen LogP contribution < -0.4 is 5.73 Å². The Morgan fingerprint density at radius 2 is 1.65 bits per heavy atom. The minimum absolute atomic E-state index is 0.302. The normalized spacial score (nSPS) is 11.5. The number of carboxylic acid groups (broad SMARTS) is 1.